The maximum absolute atomic E-state index is 12.9. The van der Waals surface area contributed by atoms with Crippen LogP contribution in [0.4, 0.5) is 5.69 Å². The van der Waals surface area contributed by atoms with E-state index in [9.17, 15) is 4.79 Å². The molecule has 1 amide bonds. The number of benzene rings is 3. The van der Waals surface area contributed by atoms with Crippen molar-refractivity contribution in [3.63, 3.8) is 0 Å². The van der Waals surface area contributed by atoms with E-state index in [0.29, 0.717) is 16.7 Å². The number of rotatable bonds is 6. The van der Waals surface area contributed by atoms with E-state index in [2.05, 4.69) is 15.5 Å². The molecule has 0 fully saturated rings. The third-order valence-electron chi connectivity index (χ3n) is 5.06. The van der Waals surface area contributed by atoms with Crippen molar-refractivity contribution in [2.75, 3.05) is 5.32 Å². The van der Waals surface area contributed by atoms with Crippen molar-refractivity contribution >= 4 is 34.1 Å². The van der Waals surface area contributed by atoms with Crippen molar-refractivity contribution in [1.82, 2.24) is 14.8 Å². The molecule has 5 aromatic rings. The van der Waals surface area contributed by atoms with Crippen LogP contribution in [0.25, 0.3) is 28.0 Å². The molecule has 0 spiro atoms. The first kappa shape index (κ1) is 20.1. The number of fused-ring (bicyclic) bond motifs is 1. The predicted molar refractivity (Wildman–Crippen MR) is 127 cm³/mol. The Morgan fingerprint density at radius 3 is 2.50 bits per heavy atom. The van der Waals surface area contributed by atoms with Gasteiger partial charge >= 0.3 is 0 Å². The zero-order valence-electron chi connectivity index (χ0n) is 17.3. The summed E-state index contributed by atoms with van der Waals surface area (Å²) >= 11 is 1.35. The molecule has 0 saturated carbocycles. The number of amides is 1. The second-order valence-corrected chi connectivity index (χ2v) is 8.57. The Morgan fingerprint density at radius 1 is 0.938 bits per heavy atom. The molecule has 2 aromatic heterocycles. The van der Waals surface area contributed by atoms with Gasteiger partial charge in [0.15, 0.2) is 10.9 Å². The number of nitrogens with one attached hydrogen (secondary N) is 1. The minimum absolute atomic E-state index is 0.104. The molecule has 0 radical (unpaired) electrons. The second-order valence-electron chi connectivity index (χ2n) is 7.27. The molecule has 7 heteroatoms. The van der Waals surface area contributed by atoms with Crippen LogP contribution in [0.15, 0.2) is 101 Å². The molecule has 1 atom stereocenters. The lowest BCUT2D eigenvalue weighted by Gasteiger charge is -2.14. The summed E-state index contributed by atoms with van der Waals surface area (Å²) in [5, 5.41) is 14.1. The molecule has 0 bridgehead atoms. The van der Waals surface area contributed by atoms with Crippen molar-refractivity contribution in [1.29, 1.82) is 0 Å². The van der Waals surface area contributed by atoms with Crippen LogP contribution in [0.2, 0.25) is 0 Å². The van der Waals surface area contributed by atoms with Gasteiger partial charge < -0.3 is 9.73 Å². The fraction of sp³-hybridized carbons (Fsp3) is 0.0800. The number of nitrogens with zero attached hydrogens (tertiary/aromatic N) is 3. The standard InChI is InChI=1S/C25H20N4O2S/c1-17(24(30)26-20-14-13-18-8-5-6-9-19(18)16-20)32-25-28-27-23(22-12-7-15-31-22)29(25)21-10-3-2-4-11-21/h2-17H,1H3,(H,26,30). The molecular weight excluding hydrogens is 420 g/mol. The highest BCUT2D eigenvalue weighted by atomic mass is 32.2. The van der Waals surface area contributed by atoms with Gasteiger partial charge in [0.2, 0.25) is 11.7 Å². The van der Waals surface area contributed by atoms with E-state index < -0.39 is 5.25 Å². The summed E-state index contributed by atoms with van der Waals surface area (Å²) in [6.45, 7) is 1.86. The van der Waals surface area contributed by atoms with Crippen LogP contribution >= 0.6 is 11.8 Å². The van der Waals surface area contributed by atoms with E-state index in [-0.39, 0.29) is 5.91 Å². The SMILES string of the molecule is CC(Sc1nnc(-c2ccco2)n1-c1ccccc1)C(=O)Nc1ccc2ccccc2c1. The molecule has 3 aromatic carbocycles. The van der Waals surface area contributed by atoms with Gasteiger partial charge in [0.25, 0.3) is 0 Å². The van der Waals surface area contributed by atoms with Crippen LogP contribution in [0, 0.1) is 0 Å². The molecule has 0 aliphatic carbocycles. The van der Waals surface area contributed by atoms with Gasteiger partial charge in [-0.2, -0.15) is 0 Å². The van der Waals surface area contributed by atoms with E-state index in [1.807, 2.05) is 96.4 Å². The number of carbonyl (C=O) groups is 1. The molecule has 0 aliphatic heterocycles. The van der Waals surface area contributed by atoms with Crippen molar-refractivity contribution in [3.8, 4) is 17.3 Å². The lowest BCUT2D eigenvalue weighted by Crippen LogP contribution is -2.22. The number of para-hydroxylation sites is 1. The fourth-order valence-corrected chi connectivity index (χ4v) is 4.31. The minimum Gasteiger partial charge on any atom is -0.461 e. The first-order valence-corrected chi connectivity index (χ1v) is 11.1. The van der Waals surface area contributed by atoms with Crippen LogP contribution in [0.1, 0.15) is 6.92 Å². The van der Waals surface area contributed by atoms with Gasteiger partial charge in [-0.1, -0.05) is 60.3 Å². The highest BCUT2D eigenvalue weighted by Gasteiger charge is 2.23. The Morgan fingerprint density at radius 2 is 1.72 bits per heavy atom. The van der Waals surface area contributed by atoms with E-state index in [1.165, 1.54) is 11.8 Å². The largest absolute Gasteiger partial charge is 0.461 e. The second kappa shape index (κ2) is 8.72. The Labute approximate surface area is 189 Å². The number of carbonyl (C=O) groups excluding carboxylic acids is 1. The van der Waals surface area contributed by atoms with Crippen LogP contribution in [0.3, 0.4) is 0 Å². The van der Waals surface area contributed by atoms with Crippen molar-refractivity contribution < 1.29 is 9.21 Å². The van der Waals surface area contributed by atoms with Crippen molar-refractivity contribution in [2.24, 2.45) is 0 Å². The number of anilines is 1. The Bertz CT molecular complexity index is 1360. The molecular formula is C25H20N4O2S. The van der Waals surface area contributed by atoms with Gasteiger partial charge in [0, 0.05) is 11.4 Å². The molecule has 2 heterocycles. The molecule has 0 saturated heterocycles. The van der Waals surface area contributed by atoms with E-state index >= 15 is 0 Å². The van der Waals surface area contributed by atoms with Crippen LogP contribution in [0.5, 0.6) is 0 Å². The monoisotopic (exact) mass is 440 g/mol. The Hall–Kier alpha value is -3.84. The zero-order chi connectivity index (χ0) is 21.9. The summed E-state index contributed by atoms with van der Waals surface area (Å²) in [5.74, 6) is 1.10. The first-order chi connectivity index (χ1) is 15.7. The lowest BCUT2D eigenvalue weighted by molar-refractivity contribution is -0.115. The van der Waals surface area contributed by atoms with E-state index in [0.717, 1.165) is 22.1 Å². The quantitative estimate of drug-likeness (QED) is 0.338. The maximum atomic E-state index is 12.9. The Balaban J connectivity index is 1.40. The average molecular weight is 441 g/mol. The number of aromatic nitrogens is 3. The van der Waals surface area contributed by atoms with Crippen LogP contribution in [-0.2, 0) is 4.79 Å². The summed E-state index contributed by atoms with van der Waals surface area (Å²) in [5.41, 5.74) is 1.66. The van der Waals surface area contributed by atoms with Crippen molar-refractivity contribution in [3.05, 3.63) is 91.2 Å². The molecule has 158 valence electrons. The molecule has 0 aliphatic rings. The highest BCUT2D eigenvalue weighted by molar-refractivity contribution is 8.00. The average Bonchev–Trinajstić information content (AvgIpc) is 3.49. The summed E-state index contributed by atoms with van der Waals surface area (Å²) in [6, 6.07) is 27.4. The van der Waals surface area contributed by atoms with Gasteiger partial charge in [-0.05, 0) is 54.1 Å². The third-order valence-corrected chi connectivity index (χ3v) is 6.10. The smallest absolute Gasteiger partial charge is 0.237 e. The maximum Gasteiger partial charge on any atom is 0.237 e. The summed E-state index contributed by atoms with van der Waals surface area (Å²) in [4.78, 5) is 12.9. The van der Waals surface area contributed by atoms with E-state index in [4.69, 9.17) is 4.42 Å². The summed E-state index contributed by atoms with van der Waals surface area (Å²) in [7, 11) is 0. The molecule has 32 heavy (non-hydrogen) atoms. The summed E-state index contributed by atoms with van der Waals surface area (Å²) < 4.78 is 7.46. The van der Waals surface area contributed by atoms with Crippen LogP contribution < -0.4 is 5.32 Å². The number of hydrogen-bond acceptors (Lipinski definition) is 5. The molecule has 5 rings (SSSR count). The number of hydrogen-bond donors (Lipinski definition) is 1. The van der Waals surface area contributed by atoms with Gasteiger partial charge in [0.05, 0.1) is 11.5 Å². The molecule has 1 N–H and O–H groups in total. The normalized spacial score (nSPS) is 12.0. The van der Waals surface area contributed by atoms with E-state index in [1.54, 1.807) is 6.26 Å². The minimum atomic E-state index is -0.391. The number of furan rings is 1. The third kappa shape index (κ3) is 4.02. The van der Waals surface area contributed by atoms with Gasteiger partial charge in [-0.25, -0.2) is 0 Å². The topological polar surface area (TPSA) is 73.0 Å². The fourth-order valence-electron chi connectivity index (χ4n) is 3.44. The zero-order valence-corrected chi connectivity index (χ0v) is 18.1. The molecule has 6 nitrogen and oxygen atoms in total. The first-order valence-electron chi connectivity index (χ1n) is 10.2. The van der Waals surface area contributed by atoms with Gasteiger partial charge in [-0.3, -0.25) is 9.36 Å². The predicted octanol–water partition coefficient (Wildman–Crippen LogP) is 5.80. The number of thioether (sulfide) groups is 1. The van der Waals surface area contributed by atoms with Gasteiger partial charge in [-0.15, -0.1) is 10.2 Å². The summed E-state index contributed by atoms with van der Waals surface area (Å²) in [6.07, 6.45) is 1.60. The lowest BCUT2D eigenvalue weighted by atomic mass is 10.1. The highest BCUT2D eigenvalue weighted by Crippen LogP contribution is 2.31. The molecule has 1 unspecified atom stereocenters. The van der Waals surface area contributed by atoms with Crippen LogP contribution in [-0.4, -0.2) is 25.9 Å². The van der Waals surface area contributed by atoms with Gasteiger partial charge in [0.1, 0.15) is 0 Å². The Kier molecular flexibility index (Phi) is 5.47. The van der Waals surface area contributed by atoms with Crippen molar-refractivity contribution in [2.45, 2.75) is 17.3 Å².